The predicted octanol–water partition coefficient (Wildman–Crippen LogP) is 2.21. The molecule has 1 atom stereocenters. The SMILES string of the molecule is N#Cc1ccccc1CSc1nnc(C[C@H]2CCS(=O)(=O)C2)o1. The van der Waals surface area contributed by atoms with Gasteiger partial charge in [-0.05, 0) is 24.0 Å². The zero-order valence-electron chi connectivity index (χ0n) is 12.3. The average Bonchev–Trinajstić information content (AvgIpc) is 3.12. The molecule has 2 aromatic rings. The molecule has 2 heterocycles. The lowest BCUT2D eigenvalue weighted by atomic mass is 10.1. The molecular formula is C15H15N3O3S2. The molecule has 8 heteroatoms. The highest BCUT2D eigenvalue weighted by atomic mass is 32.2. The summed E-state index contributed by atoms with van der Waals surface area (Å²) in [5, 5.41) is 17.5. The van der Waals surface area contributed by atoms with Crippen molar-refractivity contribution in [3.05, 3.63) is 41.3 Å². The summed E-state index contributed by atoms with van der Waals surface area (Å²) >= 11 is 1.37. The molecule has 0 bridgehead atoms. The molecule has 0 radical (unpaired) electrons. The number of hydrogen-bond acceptors (Lipinski definition) is 7. The second-order valence-corrected chi connectivity index (χ2v) is 8.65. The Morgan fingerprint density at radius 2 is 2.17 bits per heavy atom. The van der Waals surface area contributed by atoms with Crippen molar-refractivity contribution in [3.63, 3.8) is 0 Å². The van der Waals surface area contributed by atoms with E-state index < -0.39 is 9.84 Å². The molecule has 1 aromatic heterocycles. The summed E-state index contributed by atoms with van der Waals surface area (Å²) in [5.41, 5.74) is 1.55. The largest absolute Gasteiger partial charge is 0.416 e. The molecule has 0 unspecified atom stereocenters. The third-order valence-corrected chi connectivity index (χ3v) is 6.43. The second-order valence-electron chi connectivity index (χ2n) is 5.49. The van der Waals surface area contributed by atoms with Gasteiger partial charge in [0.15, 0.2) is 9.84 Å². The molecular weight excluding hydrogens is 334 g/mol. The molecule has 0 amide bonds. The number of hydrogen-bond donors (Lipinski definition) is 0. The third-order valence-electron chi connectivity index (χ3n) is 3.73. The van der Waals surface area contributed by atoms with Gasteiger partial charge < -0.3 is 4.42 Å². The van der Waals surface area contributed by atoms with E-state index in [-0.39, 0.29) is 17.4 Å². The van der Waals surface area contributed by atoms with Crippen LogP contribution in [0.15, 0.2) is 33.9 Å². The van der Waals surface area contributed by atoms with Gasteiger partial charge in [0, 0.05) is 12.2 Å². The first kappa shape index (κ1) is 16.0. The number of rotatable bonds is 5. The fraction of sp³-hybridized carbons (Fsp3) is 0.400. The van der Waals surface area contributed by atoms with E-state index in [4.69, 9.17) is 9.68 Å². The molecule has 1 saturated heterocycles. The first-order valence-corrected chi connectivity index (χ1v) is 10.00. The normalized spacial score (nSPS) is 19.5. The molecule has 1 aromatic carbocycles. The summed E-state index contributed by atoms with van der Waals surface area (Å²) in [7, 11) is -2.89. The molecule has 120 valence electrons. The Balaban J connectivity index is 1.59. The molecule has 6 nitrogen and oxygen atoms in total. The lowest BCUT2D eigenvalue weighted by Gasteiger charge is -2.02. The van der Waals surface area contributed by atoms with E-state index >= 15 is 0 Å². The van der Waals surface area contributed by atoms with Crippen LogP contribution < -0.4 is 0 Å². The summed E-state index contributed by atoms with van der Waals surface area (Å²) in [6, 6.07) is 9.54. The van der Waals surface area contributed by atoms with Crippen LogP contribution in [0.25, 0.3) is 0 Å². The van der Waals surface area contributed by atoms with Crippen LogP contribution in [0.5, 0.6) is 0 Å². The van der Waals surface area contributed by atoms with Gasteiger partial charge in [-0.3, -0.25) is 0 Å². The Morgan fingerprint density at radius 1 is 1.35 bits per heavy atom. The van der Waals surface area contributed by atoms with Gasteiger partial charge in [-0.15, -0.1) is 10.2 Å². The molecule has 0 N–H and O–H groups in total. The summed E-state index contributed by atoms with van der Waals surface area (Å²) in [6.07, 6.45) is 1.16. The topological polar surface area (TPSA) is 96.9 Å². The van der Waals surface area contributed by atoms with Gasteiger partial charge >= 0.3 is 0 Å². The number of thioether (sulfide) groups is 1. The Labute approximate surface area is 138 Å². The fourth-order valence-corrected chi connectivity index (χ4v) is 5.20. The molecule has 23 heavy (non-hydrogen) atoms. The van der Waals surface area contributed by atoms with Gasteiger partial charge in [0.25, 0.3) is 5.22 Å². The number of aromatic nitrogens is 2. The van der Waals surface area contributed by atoms with E-state index in [0.29, 0.717) is 35.3 Å². The van der Waals surface area contributed by atoms with E-state index in [9.17, 15) is 8.42 Å². The number of benzene rings is 1. The molecule has 1 aliphatic heterocycles. The smallest absolute Gasteiger partial charge is 0.276 e. The van der Waals surface area contributed by atoms with Crippen molar-refractivity contribution < 1.29 is 12.8 Å². The summed E-state index contributed by atoms with van der Waals surface area (Å²) in [4.78, 5) is 0. The van der Waals surface area contributed by atoms with E-state index in [1.807, 2.05) is 18.2 Å². The minimum Gasteiger partial charge on any atom is -0.416 e. The average molecular weight is 349 g/mol. The monoisotopic (exact) mass is 349 g/mol. The number of sulfone groups is 1. The van der Waals surface area contributed by atoms with Crippen LogP contribution in [0.3, 0.4) is 0 Å². The van der Waals surface area contributed by atoms with Gasteiger partial charge in [-0.1, -0.05) is 30.0 Å². The van der Waals surface area contributed by atoms with Crippen LogP contribution in [-0.2, 0) is 22.0 Å². The maximum atomic E-state index is 11.5. The van der Waals surface area contributed by atoms with Gasteiger partial charge in [0.1, 0.15) is 0 Å². The van der Waals surface area contributed by atoms with E-state index in [1.54, 1.807) is 6.07 Å². The lowest BCUT2D eigenvalue weighted by Crippen LogP contribution is -2.07. The quantitative estimate of drug-likeness (QED) is 0.763. The Bertz CT molecular complexity index is 840. The molecule has 0 saturated carbocycles. The summed E-state index contributed by atoms with van der Waals surface area (Å²) in [6.45, 7) is 0. The first-order chi connectivity index (χ1) is 11.1. The van der Waals surface area contributed by atoms with Gasteiger partial charge in [-0.2, -0.15) is 5.26 Å². The van der Waals surface area contributed by atoms with Gasteiger partial charge in [-0.25, -0.2) is 8.42 Å². The van der Waals surface area contributed by atoms with Crippen LogP contribution in [0.2, 0.25) is 0 Å². The van der Waals surface area contributed by atoms with Crippen molar-refractivity contribution in [1.29, 1.82) is 5.26 Å². The second kappa shape index (κ2) is 6.72. The molecule has 0 aliphatic carbocycles. The Hall–Kier alpha value is -1.85. The summed E-state index contributed by atoms with van der Waals surface area (Å²) in [5.74, 6) is 1.57. The van der Waals surface area contributed by atoms with Crippen LogP contribution in [0, 0.1) is 17.2 Å². The summed E-state index contributed by atoms with van der Waals surface area (Å²) < 4.78 is 28.5. The van der Waals surface area contributed by atoms with Crippen LogP contribution in [0.1, 0.15) is 23.4 Å². The Kier molecular flexibility index (Phi) is 4.68. The van der Waals surface area contributed by atoms with Crippen LogP contribution in [0.4, 0.5) is 0 Å². The highest BCUT2D eigenvalue weighted by Gasteiger charge is 2.29. The van der Waals surface area contributed by atoms with Crippen LogP contribution >= 0.6 is 11.8 Å². The molecule has 1 aliphatic rings. The van der Waals surface area contributed by atoms with Gasteiger partial charge in [0.2, 0.25) is 5.89 Å². The van der Waals surface area contributed by atoms with Crippen molar-refractivity contribution >= 4 is 21.6 Å². The van der Waals surface area contributed by atoms with E-state index in [2.05, 4.69) is 16.3 Å². The van der Waals surface area contributed by atoms with Crippen molar-refractivity contribution in [2.75, 3.05) is 11.5 Å². The van der Waals surface area contributed by atoms with Gasteiger partial charge in [0.05, 0.1) is 23.1 Å². The number of nitriles is 1. The maximum absolute atomic E-state index is 11.5. The van der Waals surface area contributed by atoms with Crippen LogP contribution in [-0.4, -0.2) is 30.1 Å². The van der Waals surface area contributed by atoms with Crippen molar-refractivity contribution in [1.82, 2.24) is 10.2 Å². The Morgan fingerprint density at radius 3 is 2.91 bits per heavy atom. The maximum Gasteiger partial charge on any atom is 0.276 e. The van der Waals surface area contributed by atoms with E-state index in [1.165, 1.54) is 11.8 Å². The third kappa shape index (κ3) is 4.12. The minimum atomic E-state index is -2.89. The highest BCUT2D eigenvalue weighted by molar-refractivity contribution is 7.98. The minimum absolute atomic E-state index is 0.0672. The fourth-order valence-electron chi connectivity index (χ4n) is 2.55. The van der Waals surface area contributed by atoms with E-state index in [0.717, 1.165) is 5.56 Å². The first-order valence-electron chi connectivity index (χ1n) is 7.19. The molecule has 1 fully saturated rings. The van der Waals surface area contributed by atoms with Crippen molar-refractivity contribution in [2.45, 2.75) is 23.8 Å². The number of nitrogens with zero attached hydrogens (tertiary/aromatic N) is 3. The van der Waals surface area contributed by atoms with Crippen molar-refractivity contribution in [3.8, 4) is 6.07 Å². The predicted molar refractivity (Wildman–Crippen MR) is 85.5 cm³/mol. The highest BCUT2D eigenvalue weighted by Crippen LogP contribution is 2.26. The standard InChI is InChI=1S/C15H15N3O3S2/c16-8-12-3-1-2-4-13(12)9-22-15-18-17-14(21-15)7-11-5-6-23(19,20)10-11/h1-4,11H,5-7,9-10H2/t11-/m1/s1. The molecule has 3 rings (SSSR count). The molecule has 0 spiro atoms. The zero-order valence-corrected chi connectivity index (χ0v) is 13.9. The lowest BCUT2D eigenvalue weighted by molar-refractivity contribution is 0.389. The zero-order chi connectivity index (χ0) is 16.3. The van der Waals surface area contributed by atoms with Crippen molar-refractivity contribution in [2.24, 2.45) is 5.92 Å².